The van der Waals surface area contributed by atoms with Crippen molar-refractivity contribution in [2.24, 2.45) is 0 Å². The number of para-hydroxylation sites is 1. The molecule has 0 saturated carbocycles. The first-order valence-corrected chi connectivity index (χ1v) is 9.03. The van der Waals surface area contributed by atoms with Gasteiger partial charge in [-0.1, -0.05) is 36.4 Å². The number of rotatable bonds is 4. The largest absolute Gasteiger partial charge is 0.421 e. The number of anilines is 2. The van der Waals surface area contributed by atoms with Crippen LogP contribution in [-0.2, 0) is 18.6 Å². The summed E-state index contributed by atoms with van der Waals surface area (Å²) in [7, 11) is 0. The summed E-state index contributed by atoms with van der Waals surface area (Å²) in [6.45, 7) is 0.325. The molecule has 0 saturated heterocycles. The molecule has 150 valence electrons. The molecule has 0 bridgehead atoms. The lowest BCUT2D eigenvalue weighted by atomic mass is 9.85. The highest BCUT2D eigenvalue weighted by Gasteiger charge is 2.55. The summed E-state index contributed by atoms with van der Waals surface area (Å²) in [6.07, 6.45) is -5.71. The maximum atomic E-state index is 13.9. The van der Waals surface area contributed by atoms with Gasteiger partial charge in [0, 0.05) is 13.0 Å². The van der Waals surface area contributed by atoms with Gasteiger partial charge in [0.2, 0.25) is 0 Å². The quantitative estimate of drug-likeness (QED) is 0.605. The first-order chi connectivity index (χ1) is 13.8. The minimum absolute atomic E-state index is 0.0642. The highest BCUT2D eigenvalue weighted by atomic mass is 19.4. The highest BCUT2D eigenvalue weighted by Crippen LogP contribution is 2.43. The lowest BCUT2D eigenvalue weighted by Gasteiger charge is -2.31. The van der Waals surface area contributed by atoms with Crippen LogP contribution in [0.2, 0.25) is 0 Å². The summed E-state index contributed by atoms with van der Waals surface area (Å²) in [6, 6.07) is 18.4. The van der Waals surface area contributed by atoms with Crippen molar-refractivity contribution >= 4 is 11.4 Å². The lowest BCUT2D eigenvalue weighted by molar-refractivity contribution is -0.266. The van der Waals surface area contributed by atoms with Gasteiger partial charge in [0.05, 0.1) is 11.4 Å². The van der Waals surface area contributed by atoms with Crippen LogP contribution in [-0.4, -0.2) is 11.3 Å². The van der Waals surface area contributed by atoms with Crippen LogP contribution < -0.4 is 10.4 Å². The number of hydrogen-bond donors (Lipinski definition) is 2. The van der Waals surface area contributed by atoms with Crippen LogP contribution in [0.15, 0.2) is 72.8 Å². The second-order valence-corrected chi connectivity index (χ2v) is 7.01. The Kier molecular flexibility index (Phi) is 4.80. The average Bonchev–Trinajstić information content (AvgIpc) is 3.11. The van der Waals surface area contributed by atoms with E-state index in [0.29, 0.717) is 12.1 Å². The standard InChI is InChI=1S/C22H18F4N2O/c23-18-6-4-5-15(11-18)13-21(29,22(24,25)26)17-9-10-20-16(12-17)14-27-28(20)19-7-2-1-3-8-19/h1-12,27,29H,13-14H2. The van der Waals surface area contributed by atoms with Crippen LogP contribution in [0.3, 0.4) is 0 Å². The van der Waals surface area contributed by atoms with Crippen LogP contribution in [0.25, 0.3) is 0 Å². The molecule has 3 aromatic rings. The number of hydrogen-bond acceptors (Lipinski definition) is 3. The first-order valence-electron chi connectivity index (χ1n) is 9.03. The predicted molar refractivity (Wildman–Crippen MR) is 102 cm³/mol. The smallest absolute Gasteiger partial charge is 0.376 e. The highest BCUT2D eigenvalue weighted by molar-refractivity contribution is 5.68. The van der Waals surface area contributed by atoms with Crippen molar-refractivity contribution in [3.05, 3.63) is 95.3 Å². The molecule has 1 heterocycles. The lowest BCUT2D eigenvalue weighted by Crippen LogP contribution is -2.44. The Morgan fingerprint density at radius 2 is 1.69 bits per heavy atom. The number of aliphatic hydroxyl groups is 1. The molecule has 0 radical (unpaired) electrons. The van der Waals surface area contributed by atoms with Gasteiger partial charge in [0.25, 0.3) is 0 Å². The van der Waals surface area contributed by atoms with E-state index in [-0.39, 0.29) is 11.1 Å². The Bertz CT molecular complexity index is 1020. The third-order valence-electron chi connectivity index (χ3n) is 5.06. The van der Waals surface area contributed by atoms with Gasteiger partial charge in [-0.25, -0.2) is 9.82 Å². The van der Waals surface area contributed by atoms with E-state index < -0.39 is 24.0 Å². The molecule has 1 aliphatic rings. The number of hydrazine groups is 1. The summed E-state index contributed by atoms with van der Waals surface area (Å²) in [4.78, 5) is 0. The van der Waals surface area contributed by atoms with Crippen LogP contribution >= 0.6 is 0 Å². The Morgan fingerprint density at radius 3 is 2.38 bits per heavy atom. The maximum absolute atomic E-state index is 13.9. The Hall–Kier alpha value is -2.90. The zero-order valence-corrected chi connectivity index (χ0v) is 15.2. The average molecular weight is 402 g/mol. The van der Waals surface area contributed by atoms with Crippen molar-refractivity contribution in [2.45, 2.75) is 24.7 Å². The molecule has 0 fully saturated rings. The van der Waals surface area contributed by atoms with Crippen molar-refractivity contribution in [3.63, 3.8) is 0 Å². The van der Waals surface area contributed by atoms with Gasteiger partial charge in [-0.3, -0.25) is 5.01 Å². The zero-order chi connectivity index (χ0) is 20.6. The molecule has 0 spiro atoms. The molecular weight excluding hydrogens is 384 g/mol. The van der Waals surface area contributed by atoms with E-state index >= 15 is 0 Å². The number of fused-ring (bicyclic) bond motifs is 1. The number of nitrogens with zero attached hydrogens (tertiary/aromatic N) is 1. The number of nitrogens with one attached hydrogen (secondary N) is 1. The molecule has 0 amide bonds. The number of benzene rings is 3. The number of halogens is 4. The van der Waals surface area contributed by atoms with E-state index in [4.69, 9.17) is 0 Å². The van der Waals surface area contributed by atoms with Gasteiger partial charge in [-0.05, 0) is 53.1 Å². The van der Waals surface area contributed by atoms with Crippen molar-refractivity contribution in [1.82, 2.24) is 5.43 Å². The summed E-state index contributed by atoms with van der Waals surface area (Å²) in [5.41, 5.74) is 2.00. The van der Waals surface area contributed by atoms with Crippen molar-refractivity contribution in [3.8, 4) is 0 Å². The molecule has 3 nitrogen and oxygen atoms in total. The summed E-state index contributed by atoms with van der Waals surface area (Å²) >= 11 is 0. The summed E-state index contributed by atoms with van der Waals surface area (Å²) < 4.78 is 55.1. The zero-order valence-electron chi connectivity index (χ0n) is 15.2. The van der Waals surface area contributed by atoms with E-state index in [2.05, 4.69) is 5.43 Å². The second-order valence-electron chi connectivity index (χ2n) is 7.01. The van der Waals surface area contributed by atoms with Crippen molar-refractivity contribution < 1.29 is 22.7 Å². The van der Waals surface area contributed by atoms with E-state index in [0.717, 1.165) is 23.5 Å². The molecular formula is C22H18F4N2O. The molecule has 1 aliphatic heterocycles. The van der Waals surface area contributed by atoms with Crippen LogP contribution in [0.1, 0.15) is 16.7 Å². The monoisotopic (exact) mass is 402 g/mol. The van der Waals surface area contributed by atoms with Crippen LogP contribution in [0.5, 0.6) is 0 Å². The molecule has 1 atom stereocenters. The van der Waals surface area contributed by atoms with Gasteiger partial charge < -0.3 is 5.11 Å². The third-order valence-corrected chi connectivity index (χ3v) is 5.06. The fourth-order valence-corrected chi connectivity index (χ4v) is 3.57. The minimum atomic E-state index is -4.93. The van der Waals surface area contributed by atoms with Gasteiger partial charge in [-0.15, -0.1) is 0 Å². The fourth-order valence-electron chi connectivity index (χ4n) is 3.57. The Labute approximate surface area is 165 Å². The fraction of sp³-hybridized carbons (Fsp3) is 0.182. The minimum Gasteiger partial charge on any atom is -0.376 e. The maximum Gasteiger partial charge on any atom is 0.421 e. The molecule has 7 heteroatoms. The third kappa shape index (κ3) is 3.59. The van der Waals surface area contributed by atoms with E-state index in [1.165, 1.54) is 24.3 Å². The van der Waals surface area contributed by atoms with Crippen molar-refractivity contribution in [1.29, 1.82) is 0 Å². The van der Waals surface area contributed by atoms with Crippen LogP contribution in [0, 0.1) is 5.82 Å². The number of alkyl halides is 3. The van der Waals surface area contributed by atoms with Crippen LogP contribution in [0.4, 0.5) is 28.9 Å². The normalized spacial score (nSPS) is 15.8. The molecule has 0 aliphatic carbocycles. The molecule has 4 rings (SSSR count). The summed E-state index contributed by atoms with van der Waals surface area (Å²) in [5.74, 6) is -0.649. The van der Waals surface area contributed by atoms with Crippen molar-refractivity contribution in [2.75, 3.05) is 5.01 Å². The topological polar surface area (TPSA) is 35.5 Å². The Balaban J connectivity index is 1.72. The van der Waals surface area contributed by atoms with Gasteiger partial charge >= 0.3 is 6.18 Å². The Morgan fingerprint density at radius 1 is 0.931 bits per heavy atom. The first kappa shape index (κ1) is 19.4. The van der Waals surface area contributed by atoms with E-state index in [9.17, 15) is 22.7 Å². The summed E-state index contributed by atoms with van der Waals surface area (Å²) in [5, 5.41) is 12.5. The molecule has 1 unspecified atom stereocenters. The predicted octanol–water partition coefficient (Wildman–Crippen LogP) is 4.97. The van der Waals surface area contributed by atoms with Gasteiger partial charge in [0.1, 0.15) is 5.82 Å². The second kappa shape index (κ2) is 7.17. The van der Waals surface area contributed by atoms with E-state index in [1.807, 2.05) is 30.3 Å². The molecule has 0 aromatic heterocycles. The molecule has 3 aromatic carbocycles. The van der Waals surface area contributed by atoms with Gasteiger partial charge in [-0.2, -0.15) is 13.2 Å². The van der Waals surface area contributed by atoms with E-state index in [1.54, 1.807) is 11.1 Å². The molecule has 2 N–H and O–H groups in total. The molecule has 29 heavy (non-hydrogen) atoms. The SMILES string of the molecule is OC(Cc1cccc(F)c1)(c1ccc2c(c1)CNN2c1ccccc1)C(F)(F)F. The van der Waals surface area contributed by atoms with Gasteiger partial charge in [0.15, 0.2) is 5.60 Å².